The molecule has 1 atom stereocenters. The molecule has 0 amide bonds. The molecule has 1 aromatic rings. The molecule has 1 aromatic carbocycles. The maximum atomic E-state index is 5.50. The van der Waals surface area contributed by atoms with Crippen molar-refractivity contribution >= 4 is 35.1 Å². The third-order valence-corrected chi connectivity index (χ3v) is 2.96. The summed E-state index contributed by atoms with van der Waals surface area (Å²) in [4.78, 5) is 2.36. The second-order valence-electron chi connectivity index (χ2n) is 3.60. The molecule has 0 bridgehead atoms. The minimum absolute atomic E-state index is 0. The first-order chi connectivity index (χ1) is 6.75. The fraction of sp³-hybridized carbons (Fsp3) is 0.455. The van der Waals surface area contributed by atoms with E-state index in [9.17, 15) is 0 Å². The zero-order valence-electron chi connectivity index (χ0n) is 8.74. The second-order valence-corrected chi connectivity index (χ2v) is 4.52. The van der Waals surface area contributed by atoms with Crippen LogP contribution in [0.1, 0.15) is 6.92 Å². The lowest BCUT2D eigenvalue weighted by atomic mass is 10.2. The molecular formula is C11H16BrNOS. The van der Waals surface area contributed by atoms with Crippen molar-refractivity contribution < 1.29 is 4.74 Å². The Morgan fingerprint density at radius 1 is 1.33 bits per heavy atom. The van der Waals surface area contributed by atoms with Gasteiger partial charge in [-0.15, -0.1) is 0 Å². The van der Waals surface area contributed by atoms with Gasteiger partial charge in [0.15, 0.2) is 0 Å². The van der Waals surface area contributed by atoms with Gasteiger partial charge < -0.3 is 9.64 Å². The van der Waals surface area contributed by atoms with Crippen molar-refractivity contribution in [2.24, 2.45) is 0 Å². The molecule has 1 heterocycles. The molecule has 1 fully saturated rings. The number of halogens is 1. The number of ether oxygens (including phenoxy) is 1. The Kier molecular flexibility index (Phi) is 4.96. The molecule has 0 aromatic heterocycles. The third-order valence-electron chi connectivity index (χ3n) is 2.43. The van der Waals surface area contributed by atoms with Gasteiger partial charge in [-0.1, -0.05) is 15.9 Å². The van der Waals surface area contributed by atoms with Crippen LogP contribution < -0.4 is 4.90 Å². The summed E-state index contributed by atoms with van der Waals surface area (Å²) < 4.78 is 6.63. The average molecular weight is 290 g/mol. The molecule has 0 unspecified atom stereocenters. The van der Waals surface area contributed by atoms with Gasteiger partial charge in [0.1, 0.15) is 0 Å². The summed E-state index contributed by atoms with van der Waals surface area (Å²) >= 11 is 3.44. The van der Waals surface area contributed by atoms with Crippen LogP contribution in [-0.4, -0.2) is 25.8 Å². The van der Waals surface area contributed by atoms with Gasteiger partial charge in [0.2, 0.25) is 0 Å². The largest absolute Gasteiger partial charge is 0.375 e. The van der Waals surface area contributed by atoms with Crippen LogP contribution in [0.4, 0.5) is 5.69 Å². The van der Waals surface area contributed by atoms with Gasteiger partial charge >= 0.3 is 0 Å². The highest BCUT2D eigenvalue weighted by Crippen LogP contribution is 2.20. The van der Waals surface area contributed by atoms with Gasteiger partial charge in [-0.3, -0.25) is 0 Å². The number of hydrogen-bond donors (Lipinski definition) is 0. The zero-order chi connectivity index (χ0) is 9.97. The van der Waals surface area contributed by atoms with Gasteiger partial charge in [-0.2, -0.15) is 13.5 Å². The lowest BCUT2D eigenvalue weighted by molar-refractivity contribution is 0.0532. The fourth-order valence-corrected chi connectivity index (χ4v) is 1.97. The Morgan fingerprint density at radius 2 is 2.00 bits per heavy atom. The highest BCUT2D eigenvalue weighted by atomic mass is 79.9. The van der Waals surface area contributed by atoms with Gasteiger partial charge in [0, 0.05) is 23.2 Å². The smallest absolute Gasteiger partial charge is 0.0722 e. The summed E-state index contributed by atoms with van der Waals surface area (Å²) in [5.41, 5.74) is 1.28. The molecule has 84 valence electrons. The van der Waals surface area contributed by atoms with E-state index < -0.39 is 0 Å². The van der Waals surface area contributed by atoms with E-state index in [0.29, 0.717) is 6.10 Å². The molecule has 1 aliphatic rings. The van der Waals surface area contributed by atoms with Gasteiger partial charge in [0.05, 0.1) is 12.7 Å². The lowest BCUT2D eigenvalue weighted by Gasteiger charge is -2.32. The van der Waals surface area contributed by atoms with Gasteiger partial charge in [-0.25, -0.2) is 0 Å². The first-order valence-electron chi connectivity index (χ1n) is 4.88. The molecule has 1 saturated heterocycles. The van der Waals surface area contributed by atoms with E-state index in [-0.39, 0.29) is 13.5 Å². The summed E-state index contributed by atoms with van der Waals surface area (Å²) in [7, 11) is 0. The first kappa shape index (κ1) is 12.9. The van der Waals surface area contributed by atoms with Crippen molar-refractivity contribution in [3.05, 3.63) is 28.7 Å². The van der Waals surface area contributed by atoms with Crippen LogP contribution in [0.15, 0.2) is 28.7 Å². The number of benzene rings is 1. The molecule has 2 nitrogen and oxygen atoms in total. The van der Waals surface area contributed by atoms with Crippen LogP contribution in [-0.2, 0) is 4.74 Å². The van der Waals surface area contributed by atoms with E-state index >= 15 is 0 Å². The average Bonchev–Trinajstić information content (AvgIpc) is 2.19. The van der Waals surface area contributed by atoms with Crippen molar-refractivity contribution in [3.8, 4) is 0 Å². The Morgan fingerprint density at radius 3 is 2.60 bits per heavy atom. The number of hydrogen-bond acceptors (Lipinski definition) is 2. The van der Waals surface area contributed by atoms with Crippen LogP contribution in [0.5, 0.6) is 0 Å². The molecule has 0 N–H and O–H groups in total. The maximum absolute atomic E-state index is 5.50. The molecule has 1 aliphatic heterocycles. The summed E-state index contributed by atoms with van der Waals surface area (Å²) in [6.45, 7) is 4.93. The summed E-state index contributed by atoms with van der Waals surface area (Å²) in [5.74, 6) is 0. The van der Waals surface area contributed by atoms with E-state index in [2.05, 4.69) is 52.0 Å². The third kappa shape index (κ3) is 3.40. The van der Waals surface area contributed by atoms with Crippen molar-refractivity contribution in [3.63, 3.8) is 0 Å². The van der Waals surface area contributed by atoms with Gasteiger partial charge in [0.25, 0.3) is 0 Å². The first-order valence-corrected chi connectivity index (χ1v) is 5.67. The Balaban J connectivity index is 0.00000112. The summed E-state index contributed by atoms with van der Waals surface area (Å²) in [6.07, 6.45) is 0.340. The van der Waals surface area contributed by atoms with E-state index in [1.165, 1.54) is 5.69 Å². The number of anilines is 1. The monoisotopic (exact) mass is 289 g/mol. The molecule has 0 aliphatic carbocycles. The number of rotatable bonds is 1. The van der Waals surface area contributed by atoms with Crippen molar-refractivity contribution in [2.75, 3.05) is 24.6 Å². The maximum Gasteiger partial charge on any atom is 0.0722 e. The lowest BCUT2D eigenvalue weighted by Crippen LogP contribution is -2.41. The van der Waals surface area contributed by atoms with Crippen LogP contribution >= 0.6 is 29.4 Å². The molecule has 0 spiro atoms. The standard InChI is InChI=1S/C11H14BrNO.H2S/c1-9-8-13(6-7-14-9)11-4-2-10(12)3-5-11;/h2-5,9H,6-8H2,1H3;1H2/t9-;/m0./s1. The Bertz CT molecular complexity index is 304. The highest BCUT2D eigenvalue weighted by molar-refractivity contribution is 9.10. The molecule has 0 radical (unpaired) electrons. The quantitative estimate of drug-likeness (QED) is 0.788. The molecule has 4 heteroatoms. The minimum atomic E-state index is 0. The molecule has 2 rings (SSSR count). The fourth-order valence-electron chi connectivity index (χ4n) is 1.70. The molecule has 15 heavy (non-hydrogen) atoms. The number of morpholine rings is 1. The normalized spacial score (nSPS) is 20.9. The minimum Gasteiger partial charge on any atom is -0.375 e. The van der Waals surface area contributed by atoms with Crippen LogP contribution in [0, 0.1) is 0 Å². The predicted molar refractivity (Wildman–Crippen MR) is 72.2 cm³/mol. The molecular weight excluding hydrogens is 274 g/mol. The number of nitrogens with zero attached hydrogens (tertiary/aromatic N) is 1. The Labute approximate surface area is 106 Å². The van der Waals surface area contributed by atoms with E-state index in [1.54, 1.807) is 0 Å². The van der Waals surface area contributed by atoms with E-state index in [1.807, 2.05) is 0 Å². The topological polar surface area (TPSA) is 12.5 Å². The van der Waals surface area contributed by atoms with Crippen LogP contribution in [0.3, 0.4) is 0 Å². The van der Waals surface area contributed by atoms with E-state index in [0.717, 1.165) is 24.2 Å². The summed E-state index contributed by atoms with van der Waals surface area (Å²) in [5, 5.41) is 0. The Hall–Kier alpha value is -0.190. The second kappa shape index (κ2) is 5.77. The van der Waals surface area contributed by atoms with Crippen LogP contribution in [0.2, 0.25) is 0 Å². The SMILES string of the molecule is C[C@H]1CN(c2ccc(Br)cc2)CCO1.S. The predicted octanol–water partition coefficient (Wildman–Crippen LogP) is 2.79. The molecule has 0 saturated carbocycles. The van der Waals surface area contributed by atoms with E-state index in [4.69, 9.17) is 4.74 Å². The van der Waals surface area contributed by atoms with Gasteiger partial charge in [-0.05, 0) is 31.2 Å². The van der Waals surface area contributed by atoms with Crippen LogP contribution in [0.25, 0.3) is 0 Å². The zero-order valence-corrected chi connectivity index (χ0v) is 11.3. The van der Waals surface area contributed by atoms with Crippen molar-refractivity contribution in [1.29, 1.82) is 0 Å². The van der Waals surface area contributed by atoms with Crippen molar-refractivity contribution in [1.82, 2.24) is 0 Å². The summed E-state index contributed by atoms with van der Waals surface area (Å²) in [6, 6.07) is 8.44. The highest BCUT2D eigenvalue weighted by Gasteiger charge is 2.16. The van der Waals surface area contributed by atoms with Crippen molar-refractivity contribution in [2.45, 2.75) is 13.0 Å².